The molecule has 0 aliphatic rings. The minimum atomic E-state index is 0.426. The minimum Gasteiger partial charge on any atom is -0.398 e. The Morgan fingerprint density at radius 1 is 1.27 bits per heavy atom. The fourth-order valence-electron chi connectivity index (χ4n) is 1.34. The first kappa shape index (κ1) is 9.16. The lowest BCUT2D eigenvalue weighted by Gasteiger charge is -2.04. The molecule has 0 unspecified atom stereocenters. The van der Waals surface area contributed by atoms with Gasteiger partial charge in [0, 0.05) is 17.4 Å². The van der Waals surface area contributed by atoms with Crippen LogP contribution in [0, 0.1) is 11.3 Å². The molecule has 0 aliphatic heterocycles. The fourth-order valence-corrected chi connectivity index (χ4v) is 1.34. The smallest absolute Gasteiger partial charge is 0.116 e. The molecule has 0 saturated heterocycles. The SMILES string of the molecule is N#Cc1cncnc1-c1ccccc1N. The number of nitriles is 1. The van der Waals surface area contributed by atoms with E-state index in [1.165, 1.54) is 12.5 Å². The van der Waals surface area contributed by atoms with Crippen molar-refractivity contribution in [3.05, 3.63) is 42.4 Å². The number of hydrogen-bond donors (Lipinski definition) is 1. The van der Waals surface area contributed by atoms with Gasteiger partial charge in [-0.2, -0.15) is 5.26 Å². The molecule has 0 bridgehead atoms. The summed E-state index contributed by atoms with van der Waals surface area (Å²) in [4.78, 5) is 7.86. The lowest BCUT2D eigenvalue weighted by Crippen LogP contribution is -1.94. The highest BCUT2D eigenvalue weighted by Crippen LogP contribution is 2.25. The zero-order chi connectivity index (χ0) is 10.7. The Morgan fingerprint density at radius 3 is 2.80 bits per heavy atom. The molecule has 1 heterocycles. The summed E-state index contributed by atoms with van der Waals surface area (Å²) in [5.41, 5.74) is 8.17. The summed E-state index contributed by atoms with van der Waals surface area (Å²) in [6.07, 6.45) is 2.89. The number of nitrogen functional groups attached to an aromatic ring is 1. The maximum absolute atomic E-state index is 8.90. The Bertz CT molecular complexity index is 528. The van der Waals surface area contributed by atoms with Crippen molar-refractivity contribution in [2.45, 2.75) is 0 Å². The standard InChI is InChI=1S/C11H8N4/c12-5-8-6-14-7-15-11(8)9-3-1-2-4-10(9)13/h1-4,6-7H,13H2. The molecule has 0 saturated carbocycles. The van der Waals surface area contributed by atoms with E-state index in [0.29, 0.717) is 16.9 Å². The Morgan fingerprint density at radius 2 is 2.07 bits per heavy atom. The van der Waals surface area contributed by atoms with Gasteiger partial charge in [-0.15, -0.1) is 0 Å². The maximum atomic E-state index is 8.90. The third-order valence-electron chi connectivity index (χ3n) is 2.05. The topological polar surface area (TPSA) is 75.6 Å². The average molecular weight is 196 g/mol. The molecule has 0 amide bonds. The number of para-hydroxylation sites is 1. The Kier molecular flexibility index (Phi) is 2.30. The van der Waals surface area contributed by atoms with Crippen molar-refractivity contribution in [1.82, 2.24) is 9.97 Å². The van der Waals surface area contributed by atoms with Gasteiger partial charge in [-0.3, -0.25) is 0 Å². The van der Waals surface area contributed by atoms with Crippen LogP contribution in [0.1, 0.15) is 5.56 Å². The van der Waals surface area contributed by atoms with Gasteiger partial charge in [-0.25, -0.2) is 9.97 Å². The van der Waals surface area contributed by atoms with E-state index in [2.05, 4.69) is 9.97 Å². The van der Waals surface area contributed by atoms with E-state index < -0.39 is 0 Å². The van der Waals surface area contributed by atoms with Crippen LogP contribution in [0.4, 0.5) is 5.69 Å². The molecule has 0 spiro atoms. The molecule has 4 nitrogen and oxygen atoms in total. The molecule has 72 valence electrons. The van der Waals surface area contributed by atoms with Gasteiger partial charge in [-0.1, -0.05) is 18.2 Å². The maximum Gasteiger partial charge on any atom is 0.116 e. The minimum absolute atomic E-state index is 0.426. The quantitative estimate of drug-likeness (QED) is 0.703. The van der Waals surface area contributed by atoms with Crippen LogP contribution in [0.25, 0.3) is 11.3 Å². The highest BCUT2D eigenvalue weighted by Gasteiger charge is 2.08. The third kappa shape index (κ3) is 1.63. The molecule has 0 fully saturated rings. The highest BCUT2D eigenvalue weighted by atomic mass is 14.8. The first-order chi connectivity index (χ1) is 7.33. The molecule has 15 heavy (non-hydrogen) atoms. The molecular formula is C11H8N4. The Labute approximate surface area is 87.0 Å². The summed E-state index contributed by atoms with van der Waals surface area (Å²) in [6, 6.07) is 9.34. The number of aromatic nitrogens is 2. The summed E-state index contributed by atoms with van der Waals surface area (Å²) in [5, 5.41) is 8.90. The number of benzene rings is 1. The van der Waals surface area contributed by atoms with Gasteiger partial charge in [0.25, 0.3) is 0 Å². The van der Waals surface area contributed by atoms with Crippen molar-refractivity contribution < 1.29 is 0 Å². The van der Waals surface area contributed by atoms with Crippen molar-refractivity contribution in [3.63, 3.8) is 0 Å². The molecular weight excluding hydrogens is 188 g/mol. The summed E-state index contributed by atoms with van der Waals surface area (Å²) >= 11 is 0. The van der Waals surface area contributed by atoms with Gasteiger partial charge in [0.15, 0.2) is 0 Å². The van der Waals surface area contributed by atoms with Crippen LogP contribution in [0.2, 0.25) is 0 Å². The number of nitrogens with two attached hydrogens (primary N) is 1. The monoisotopic (exact) mass is 196 g/mol. The van der Waals surface area contributed by atoms with Gasteiger partial charge in [0.2, 0.25) is 0 Å². The lowest BCUT2D eigenvalue weighted by atomic mass is 10.1. The van der Waals surface area contributed by atoms with Gasteiger partial charge in [0.05, 0.1) is 11.3 Å². The second-order valence-corrected chi connectivity index (χ2v) is 2.98. The summed E-state index contributed by atoms with van der Waals surface area (Å²) in [7, 11) is 0. The second-order valence-electron chi connectivity index (χ2n) is 2.98. The summed E-state index contributed by atoms with van der Waals surface area (Å²) in [6.45, 7) is 0. The second kappa shape index (κ2) is 3.76. The molecule has 1 aromatic carbocycles. The number of nitrogens with zero attached hydrogens (tertiary/aromatic N) is 3. The predicted molar refractivity (Wildman–Crippen MR) is 56.6 cm³/mol. The normalized spacial score (nSPS) is 9.53. The number of hydrogen-bond acceptors (Lipinski definition) is 4. The van der Waals surface area contributed by atoms with Crippen molar-refractivity contribution in [3.8, 4) is 17.3 Å². The fraction of sp³-hybridized carbons (Fsp3) is 0. The van der Waals surface area contributed by atoms with Crippen molar-refractivity contribution in [2.24, 2.45) is 0 Å². The van der Waals surface area contributed by atoms with Gasteiger partial charge in [0.1, 0.15) is 12.4 Å². The Balaban J connectivity index is 2.65. The lowest BCUT2D eigenvalue weighted by molar-refractivity contribution is 1.16. The number of rotatable bonds is 1. The van der Waals surface area contributed by atoms with E-state index in [4.69, 9.17) is 11.0 Å². The molecule has 0 atom stereocenters. The summed E-state index contributed by atoms with van der Waals surface area (Å²) in [5.74, 6) is 0. The molecule has 0 radical (unpaired) electrons. The molecule has 4 heteroatoms. The van der Waals surface area contributed by atoms with Crippen molar-refractivity contribution in [2.75, 3.05) is 5.73 Å². The third-order valence-corrected chi connectivity index (χ3v) is 2.05. The van der Waals surface area contributed by atoms with E-state index in [1.807, 2.05) is 24.3 Å². The van der Waals surface area contributed by atoms with Gasteiger partial charge < -0.3 is 5.73 Å². The molecule has 2 N–H and O–H groups in total. The van der Waals surface area contributed by atoms with Crippen LogP contribution in [-0.2, 0) is 0 Å². The van der Waals surface area contributed by atoms with Gasteiger partial charge in [-0.05, 0) is 6.07 Å². The van der Waals surface area contributed by atoms with Crippen LogP contribution in [0.15, 0.2) is 36.8 Å². The molecule has 0 aliphatic carbocycles. The van der Waals surface area contributed by atoms with E-state index in [0.717, 1.165) is 5.56 Å². The zero-order valence-electron chi connectivity index (χ0n) is 7.88. The average Bonchev–Trinajstić information content (AvgIpc) is 2.30. The van der Waals surface area contributed by atoms with E-state index >= 15 is 0 Å². The van der Waals surface area contributed by atoms with Crippen LogP contribution in [-0.4, -0.2) is 9.97 Å². The van der Waals surface area contributed by atoms with E-state index in [9.17, 15) is 0 Å². The van der Waals surface area contributed by atoms with Crippen molar-refractivity contribution in [1.29, 1.82) is 5.26 Å². The van der Waals surface area contributed by atoms with Crippen LogP contribution in [0.3, 0.4) is 0 Å². The first-order valence-corrected chi connectivity index (χ1v) is 4.38. The van der Waals surface area contributed by atoms with Crippen molar-refractivity contribution >= 4 is 5.69 Å². The zero-order valence-corrected chi connectivity index (χ0v) is 7.88. The molecule has 1 aromatic heterocycles. The Hall–Kier alpha value is -2.41. The van der Waals surface area contributed by atoms with Crippen LogP contribution >= 0.6 is 0 Å². The van der Waals surface area contributed by atoms with Crippen LogP contribution < -0.4 is 5.73 Å². The molecule has 2 rings (SSSR count). The number of anilines is 1. The van der Waals surface area contributed by atoms with Gasteiger partial charge >= 0.3 is 0 Å². The van der Waals surface area contributed by atoms with E-state index in [-0.39, 0.29) is 0 Å². The van der Waals surface area contributed by atoms with Crippen LogP contribution in [0.5, 0.6) is 0 Å². The first-order valence-electron chi connectivity index (χ1n) is 4.38. The highest BCUT2D eigenvalue weighted by molar-refractivity contribution is 5.76. The predicted octanol–water partition coefficient (Wildman–Crippen LogP) is 1.60. The van der Waals surface area contributed by atoms with E-state index in [1.54, 1.807) is 6.07 Å². The largest absolute Gasteiger partial charge is 0.398 e. The summed E-state index contributed by atoms with van der Waals surface area (Å²) < 4.78 is 0. The molecule has 2 aromatic rings.